The van der Waals surface area contributed by atoms with Gasteiger partial charge in [-0.05, 0) is 60.5 Å². The molecule has 8 heteroatoms. The number of hydrogen-bond acceptors (Lipinski definition) is 6. The number of nitrogens with zero attached hydrogens (tertiary/aromatic N) is 5. The van der Waals surface area contributed by atoms with Gasteiger partial charge in [0.25, 0.3) is 5.56 Å². The first-order chi connectivity index (χ1) is 20.7. The third-order valence-corrected chi connectivity index (χ3v) is 7.83. The number of fused-ring (bicyclic) bond motifs is 1. The van der Waals surface area contributed by atoms with Crippen LogP contribution in [0.1, 0.15) is 49.6 Å². The Bertz CT molecular complexity index is 1910. The van der Waals surface area contributed by atoms with Gasteiger partial charge in [0.1, 0.15) is 11.4 Å². The van der Waals surface area contributed by atoms with Crippen LogP contribution in [0.4, 0.5) is 0 Å². The van der Waals surface area contributed by atoms with Crippen LogP contribution >= 0.6 is 11.3 Å². The number of thiazole rings is 1. The van der Waals surface area contributed by atoms with Crippen LogP contribution in [-0.4, -0.2) is 31.0 Å². The summed E-state index contributed by atoms with van der Waals surface area (Å²) < 4.78 is 9.70. The van der Waals surface area contributed by atoms with Gasteiger partial charge in [-0.3, -0.25) is 4.79 Å². The lowest BCUT2D eigenvalue weighted by Gasteiger charge is -2.07. The molecule has 3 heterocycles. The number of benzene rings is 3. The minimum Gasteiger partial charge on any atom is -0.494 e. The van der Waals surface area contributed by atoms with E-state index >= 15 is 0 Å². The normalized spacial score (nSPS) is 12.1. The highest BCUT2D eigenvalue weighted by Gasteiger charge is 2.14. The molecule has 0 spiro atoms. The number of ether oxygens (including phenoxy) is 1. The van der Waals surface area contributed by atoms with Gasteiger partial charge in [0, 0.05) is 17.3 Å². The fourth-order valence-corrected chi connectivity index (χ4v) is 5.56. The molecule has 0 amide bonds. The van der Waals surface area contributed by atoms with Crippen LogP contribution in [0.3, 0.4) is 0 Å². The third kappa shape index (κ3) is 6.24. The van der Waals surface area contributed by atoms with E-state index in [1.54, 1.807) is 0 Å². The molecule has 210 valence electrons. The molecule has 7 nitrogen and oxygen atoms in total. The number of para-hydroxylation sites is 1. The van der Waals surface area contributed by atoms with Crippen molar-refractivity contribution in [3.63, 3.8) is 0 Å². The van der Waals surface area contributed by atoms with Crippen molar-refractivity contribution in [3.8, 4) is 22.7 Å². The summed E-state index contributed by atoms with van der Waals surface area (Å²) in [5, 5.41) is 9.35. The van der Waals surface area contributed by atoms with Gasteiger partial charge in [0.2, 0.25) is 4.96 Å². The molecular weight excluding hydrogens is 542 g/mol. The Kier molecular flexibility index (Phi) is 8.33. The van der Waals surface area contributed by atoms with Gasteiger partial charge in [-0.2, -0.15) is 14.6 Å². The average molecular weight is 574 g/mol. The van der Waals surface area contributed by atoms with Crippen molar-refractivity contribution in [2.45, 2.75) is 32.6 Å². The Morgan fingerprint density at radius 1 is 0.857 bits per heavy atom. The summed E-state index contributed by atoms with van der Waals surface area (Å²) in [6, 6.07) is 27.9. The molecule has 6 rings (SSSR count). The molecule has 0 saturated heterocycles. The number of hydrogen-bond donors (Lipinski definition) is 0. The van der Waals surface area contributed by atoms with Crippen LogP contribution in [0, 0.1) is 0 Å². The van der Waals surface area contributed by atoms with Crippen LogP contribution in [0.2, 0.25) is 0 Å². The first-order valence-electron chi connectivity index (χ1n) is 14.2. The third-order valence-electron chi connectivity index (χ3n) is 6.87. The maximum absolute atomic E-state index is 13.3. The van der Waals surface area contributed by atoms with Gasteiger partial charge < -0.3 is 4.74 Å². The molecular formula is C34H31N5O2S. The van der Waals surface area contributed by atoms with E-state index in [1.165, 1.54) is 35.1 Å². The summed E-state index contributed by atoms with van der Waals surface area (Å²) in [6.07, 6.45) is 12.3. The van der Waals surface area contributed by atoms with Crippen LogP contribution in [0.15, 0.2) is 95.9 Å². The predicted molar refractivity (Wildman–Crippen MR) is 170 cm³/mol. The Balaban J connectivity index is 1.31. The lowest BCUT2D eigenvalue weighted by atomic mass is 10.1. The second-order valence-electron chi connectivity index (χ2n) is 9.97. The zero-order valence-corrected chi connectivity index (χ0v) is 24.2. The molecule has 0 unspecified atom stereocenters. The molecule has 0 bridgehead atoms. The van der Waals surface area contributed by atoms with Gasteiger partial charge in [-0.25, -0.2) is 4.68 Å². The molecule has 6 aromatic rings. The SMILES string of the molecule is CCCCCCOc1ccc(-c2nn(-c3ccccc3)cc2/C=c2\sc3nc(/C=C/c4ccccc4)nn3c2=O)cc1. The smallest absolute Gasteiger partial charge is 0.291 e. The minimum atomic E-state index is -0.202. The maximum atomic E-state index is 13.3. The standard InChI is InChI=1S/C34H31N5O2S/c1-2-3-4-11-22-41-29-19-17-26(18-20-29)32-27(24-38(37-32)28-14-9-6-10-15-28)23-30-33(40)39-34(42-30)35-31(36-39)21-16-25-12-7-5-8-13-25/h5-10,12-21,23-24H,2-4,11,22H2,1H3/b21-16+,30-23-. The highest BCUT2D eigenvalue weighted by atomic mass is 32.1. The van der Waals surface area contributed by atoms with Crippen LogP contribution in [0.25, 0.3) is 40.1 Å². The molecule has 0 saturated carbocycles. The zero-order valence-electron chi connectivity index (χ0n) is 23.4. The molecule has 0 radical (unpaired) electrons. The van der Waals surface area contributed by atoms with E-state index in [9.17, 15) is 4.79 Å². The summed E-state index contributed by atoms with van der Waals surface area (Å²) in [6.45, 7) is 2.92. The Morgan fingerprint density at radius 2 is 1.62 bits per heavy atom. The van der Waals surface area contributed by atoms with E-state index in [1.807, 2.05) is 114 Å². The Morgan fingerprint density at radius 3 is 2.36 bits per heavy atom. The van der Waals surface area contributed by atoms with Crippen molar-refractivity contribution < 1.29 is 4.74 Å². The van der Waals surface area contributed by atoms with Crippen molar-refractivity contribution in [2.24, 2.45) is 0 Å². The van der Waals surface area contributed by atoms with Crippen molar-refractivity contribution in [1.82, 2.24) is 24.4 Å². The van der Waals surface area contributed by atoms with Crippen LogP contribution < -0.4 is 14.8 Å². The summed E-state index contributed by atoms with van der Waals surface area (Å²) in [5.41, 5.74) is 4.32. The van der Waals surface area contributed by atoms with Gasteiger partial charge in [-0.15, -0.1) is 5.10 Å². The van der Waals surface area contributed by atoms with Gasteiger partial charge >= 0.3 is 0 Å². The van der Waals surface area contributed by atoms with Crippen molar-refractivity contribution in [3.05, 3.63) is 123 Å². The molecule has 0 aliphatic heterocycles. The predicted octanol–water partition coefficient (Wildman–Crippen LogP) is 6.68. The van der Waals surface area contributed by atoms with Gasteiger partial charge in [0.15, 0.2) is 5.82 Å². The Hall–Kier alpha value is -4.82. The molecule has 3 aromatic carbocycles. The average Bonchev–Trinajstić information content (AvgIpc) is 3.72. The molecule has 0 N–H and O–H groups in total. The largest absolute Gasteiger partial charge is 0.494 e. The maximum Gasteiger partial charge on any atom is 0.291 e. The first kappa shape index (κ1) is 27.4. The molecule has 0 aliphatic carbocycles. The molecule has 0 aliphatic rings. The van der Waals surface area contributed by atoms with Crippen LogP contribution in [-0.2, 0) is 0 Å². The summed E-state index contributed by atoms with van der Waals surface area (Å²) in [4.78, 5) is 18.4. The van der Waals surface area contributed by atoms with Crippen molar-refractivity contribution in [2.75, 3.05) is 6.61 Å². The lowest BCUT2D eigenvalue weighted by molar-refractivity contribution is 0.305. The number of aromatic nitrogens is 5. The monoisotopic (exact) mass is 573 g/mol. The van der Waals surface area contributed by atoms with Crippen LogP contribution in [0.5, 0.6) is 5.75 Å². The van der Waals surface area contributed by atoms with E-state index in [-0.39, 0.29) is 5.56 Å². The van der Waals surface area contributed by atoms with E-state index in [4.69, 9.17) is 9.84 Å². The van der Waals surface area contributed by atoms with E-state index in [2.05, 4.69) is 17.0 Å². The Labute approximate surface area is 248 Å². The fourth-order valence-electron chi connectivity index (χ4n) is 4.65. The van der Waals surface area contributed by atoms with E-state index < -0.39 is 0 Å². The highest BCUT2D eigenvalue weighted by Crippen LogP contribution is 2.27. The number of rotatable bonds is 11. The topological polar surface area (TPSA) is 74.3 Å². The quantitative estimate of drug-likeness (QED) is 0.162. The van der Waals surface area contributed by atoms with Crippen molar-refractivity contribution >= 4 is 34.5 Å². The second-order valence-corrected chi connectivity index (χ2v) is 11.0. The minimum absolute atomic E-state index is 0.202. The number of unbranched alkanes of at least 4 members (excludes halogenated alkanes) is 3. The fraction of sp³-hybridized carbons (Fsp3) is 0.176. The van der Waals surface area contributed by atoms with Gasteiger partial charge in [0.05, 0.1) is 16.8 Å². The zero-order chi connectivity index (χ0) is 28.7. The highest BCUT2D eigenvalue weighted by molar-refractivity contribution is 7.15. The summed E-state index contributed by atoms with van der Waals surface area (Å²) in [5.74, 6) is 1.34. The molecule has 0 atom stereocenters. The second kappa shape index (κ2) is 12.8. The van der Waals surface area contributed by atoms with E-state index in [0.717, 1.165) is 40.2 Å². The van der Waals surface area contributed by atoms with Crippen molar-refractivity contribution in [1.29, 1.82) is 0 Å². The molecule has 0 fully saturated rings. The summed E-state index contributed by atoms with van der Waals surface area (Å²) >= 11 is 1.32. The van der Waals surface area contributed by atoms with Gasteiger partial charge in [-0.1, -0.05) is 92.1 Å². The summed E-state index contributed by atoms with van der Waals surface area (Å²) in [7, 11) is 0. The first-order valence-corrected chi connectivity index (χ1v) is 15.0. The molecule has 42 heavy (non-hydrogen) atoms. The van der Waals surface area contributed by atoms with E-state index in [0.29, 0.717) is 21.9 Å². The lowest BCUT2D eigenvalue weighted by Crippen LogP contribution is -2.23. The molecule has 3 aromatic heterocycles.